The summed E-state index contributed by atoms with van der Waals surface area (Å²) in [6, 6.07) is 0. The van der Waals surface area contributed by atoms with E-state index in [9.17, 15) is 9.18 Å². The lowest BCUT2D eigenvalue weighted by Crippen LogP contribution is -2.22. The number of halogens is 1. The molecular weight excluding hydrogens is 145 g/mol. The fourth-order valence-electron chi connectivity index (χ4n) is 1.52. The van der Waals surface area contributed by atoms with Gasteiger partial charge in [-0.25, -0.2) is 14.2 Å². The van der Waals surface area contributed by atoms with Crippen LogP contribution in [0.1, 0.15) is 25.7 Å². The summed E-state index contributed by atoms with van der Waals surface area (Å²) in [5, 5.41) is 0. The van der Waals surface area contributed by atoms with Crippen molar-refractivity contribution < 1.29 is 9.18 Å². The molecule has 1 fully saturated rings. The highest BCUT2D eigenvalue weighted by atomic mass is 19.1. The third-order valence-corrected chi connectivity index (χ3v) is 2.21. The second-order valence-electron chi connectivity index (χ2n) is 2.99. The molecule has 0 radical (unpaired) electrons. The predicted octanol–water partition coefficient (Wildman–Crippen LogP) is 1.85. The van der Waals surface area contributed by atoms with Gasteiger partial charge >= 0.3 is 0 Å². The first-order valence-electron chi connectivity index (χ1n) is 4.02. The first-order chi connectivity index (χ1) is 5.34. The van der Waals surface area contributed by atoms with Gasteiger partial charge in [0.1, 0.15) is 6.17 Å². The lowest BCUT2D eigenvalue weighted by atomic mass is 9.88. The Labute approximate surface area is 65.5 Å². The maximum atomic E-state index is 13.0. The van der Waals surface area contributed by atoms with Crippen molar-refractivity contribution in [2.75, 3.05) is 6.54 Å². The highest BCUT2D eigenvalue weighted by molar-refractivity contribution is 5.32. The Balaban J connectivity index is 2.35. The van der Waals surface area contributed by atoms with Gasteiger partial charge in [0, 0.05) is 5.92 Å². The lowest BCUT2D eigenvalue weighted by molar-refractivity contribution is 0.171. The number of isocyanates is 1. The summed E-state index contributed by atoms with van der Waals surface area (Å²) in [4.78, 5) is 13.1. The third kappa shape index (κ3) is 2.43. The molecule has 62 valence electrons. The van der Waals surface area contributed by atoms with Crippen LogP contribution in [0.4, 0.5) is 4.39 Å². The van der Waals surface area contributed by atoms with Crippen molar-refractivity contribution in [1.29, 1.82) is 0 Å². The van der Waals surface area contributed by atoms with Gasteiger partial charge in [-0.3, -0.25) is 0 Å². The van der Waals surface area contributed by atoms with Gasteiger partial charge in [-0.15, -0.1) is 0 Å². The number of carbonyl (C=O) groups excluding carboxylic acids is 1. The predicted molar refractivity (Wildman–Crippen MR) is 39.8 cm³/mol. The Bertz CT molecular complexity index is 165. The first kappa shape index (κ1) is 8.41. The Morgan fingerprint density at radius 1 is 1.45 bits per heavy atom. The van der Waals surface area contributed by atoms with E-state index in [1.54, 1.807) is 0 Å². The summed E-state index contributed by atoms with van der Waals surface area (Å²) in [5.41, 5.74) is 0. The van der Waals surface area contributed by atoms with Gasteiger partial charge in [-0.05, 0) is 12.8 Å². The summed E-state index contributed by atoms with van der Waals surface area (Å²) in [6.07, 6.45) is 4.24. The van der Waals surface area contributed by atoms with Gasteiger partial charge in [0.15, 0.2) is 0 Å². The Morgan fingerprint density at radius 3 is 2.82 bits per heavy atom. The summed E-state index contributed by atoms with van der Waals surface area (Å²) >= 11 is 0. The zero-order valence-corrected chi connectivity index (χ0v) is 6.42. The maximum Gasteiger partial charge on any atom is 0.234 e. The molecule has 1 saturated carbocycles. The molecular formula is C8H12FNO. The van der Waals surface area contributed by atoms with E-state index in [1.165, 1.54) is 6.08 Å². The van der Waals surface area contributed by atoms with Crippen molar-refractivity contribution >= 4 is 6.08 Å². The number of rotatable bonds is 2. The molecule has 0 N–H and O–H groups in total. The Hall–Kier alpha value is -0.690. The van der Waals surface area contributed by atoms with Gasteiger partial charge in [0.25, 0.3) is 0 Å². The molecule has 2 unspecified atom stereocenters. The van der Waals surface area contributed by atoms with Crippen LogP contribution in [-0.2, 0) is 4.79 Å². The molecule has 0 amide bonds. The molecule has 0 aromatic rings. The largest absolute Gasteiger partial charge is 0.247 e. The number of hydrogen-bond donors (Lipinski definition) is 0. The summed E-state index contributed by atoms with van der Waals surface area (Å²) in [5.74, 6) is -0.0230. The number of alkyl halides is 1. The number of aliphatic imine (C=N–C) groups is 1. The normalized spacial score (nSPS) is 31.0. The topological polar surface area (TPSA) is 29.4 Å². The van der Waals surface area contributed by atoms with E-state index in [1.807, 2.05) is 0 Å². The van der Waals surface area contributed by atoms with E-state index < -0.39 is 6.17 Å². The van der Waals surface area contributed by atoms with Gasteiger partial charge in [-0.1, -0.05) is 12.8 Å². The van der Waals surface area contributed by atoms with Gasteiger partial charge in [0.05, 0.1) is 6.54 Å². The SMILES string of the molecule is O=C=NCC1CCCCC1F. The lowest BCUT2D eigenvalue weighted by Gasteiger charge is -2.23. The molecule has 1 aliphatic rings. The monoisotopic (exact) mass is 157 g/mol. The molecule has 2 atom stereocenters. The van der Waals surface area contributed by atoms with Crippen molar-refractivity contribution in [3.63, 3.8) is 0 Å². The average Bonchev–Trinajstić information content (AvgIpc) is 2.03. The minimum atomic E-state index is -0.749. The Morgan fingerprint density at radius 2 is 2.18 bits per heavy atom. The van der Waals surface area contributed by atoms with E-state index in [0.717, 1.165) is 19.3 Å². The van der Waals surface area contributed by atoms with Crippen LogP contribution >= 0.6 is 0 Å². The van der Waals surface area contributed by atoms with E-state index in [4.69, 9.17) is 0 Å². The molecule has 0 aliphatic heterocycles. The number of hydrogen-bond acceptors (Lipinski definition) is 2. The first-order valence-corrected chi connectivity index (χ1v) is 4.02. The Kier molecular flexibility index (Phi) is 3.24. The quantitative estimate of drug-likeness (QED) is 0.444. The molecule has 1 aliphatic carbocycles. The van der Waals surface area contributed by atoms with Crippen LogP contribution in [0.25, 0.3) is 0 Å². The highest BCUT2D eigenvalue weighted by Gasteiger charge is 2.23. The molecule has 0 heterocycles. The zero-order valence-electron chi connectivity index (χ0n) is 6.42. The highest BCUT2D eigenvalue weighted by Crippen LogP contribution is 2.26. The molecule has 11 heavy (non-hydrogen) atoms. The standard InChI is InChI=1S/C8H12FNO/c9-8-4-2-1-3-7(8)5-10-6-11/h7-8H,1-5H2. The van der Waals surface area contributed by atoms with Crippen LogP contribution in [0, 0.1) is 5.92 Å². The summed E-state index contributed by atoms with van der Waals surface area (Å²) in [6.45, 7) is 0.324. The number of nitrogens with zero attached hydrogens (tertiary/aromatic N) is 1. The van der Waals surface area contributed by atoms with Crippen LogP contribution in [-0.4, -0.2) is 18.8 Å². The van der Waals surface area contributed by atoms with Crippen LogP contribution in [0.3, 0.4) is 0 Å². The van der Waals surface area contributed by atoms with Crippen LogP contribution in [0.15, 0.2) is 4.99 Å². The minimum absolute atomic E-state index is 0.0230. The molecule has 0 saturated heterocycles. The zero-order chi connectivity index (χ0) is 8.10. The minimum Gasteiger partial charge on any atom is -0.247 e. The van der Waals surface area contributed by atoms with Crippen LogP contribution < -0.4 is 0 Å². The molecule has 3 heteroatoms. The van der Waals surface area contributed by atoms with E-state index in [2.05, 4.69) is 4.99 Å². The third-order valence-electron chi connectivity index (χ3n) is 2.21. The fraction of sp³-hybridized carbons (Fsp3) is 0.875. The second-order valence-corrected chi connectivity index (χ2v) is 2.99. The molecule has 0 bridgehead atoms. The van der Waals surface area contributed by atoms with Gasteiger partial charge in [0.2, 0.25) is 6.08 Å². The van der Waals surface area contributed by atoms with Crippen molar-refractivity contribution in [3.8, 4) is 0 Å². The van der Waals surface area contributed by atoms with E-state index in [0.29, 0.717) is 13.0 Å². The van der Waals surface area contributed by atoms with Gasteiger partial charge in [-0.2, -0.15) is 0 Å². The molecule has 0 aromatic carbocycles. The summed E-state index contributed by atoms with van der Waals surface area (Å²) < 4.78 is 13.0. The molecule has 1 rings (SSSR count). The van der Waals surface area contributed by atoms with Crippen LogP contribution in [0.2, 0.25) is 0 Å². The van der Waals surface area contributed by atoms with Crippen molar-refractivity contribution in [3.05, 3.63) is 0 Å². The molecule has 0 spiro atoms. The van der Waals surface area contributed by atoms with Crippen molar-refractivity contribution in [2.45, 2.75) is 31.9 Å². The van der Waals surface area contributed by atoms with Crippen molar-refractivity contribution in [2.24, 2.45) is 10.9 Å². The second kappa shape index (κ2) is 4.24. The fourth-order valence-corrected chi connectivity index (χ4v) is 1.52. The molecule has 0 aromatic heterocycles. The molecule has 2 nitrogen and oxygen atoms in total. The van der Waals surface area contributed by atoms with E-state index in [-0.39, 0.29) is 5.92 Å². The smallest absolute Gasteiger partial charge is 0.234 e. The van der Waals surface area contributed by atoms with Crippen LogP contribution in [0.5, 0.6) is 0 Å². The van der Waals surface area contributed by atoms with Gasteiger partial charge < -0.3 is 0 Å². The van der Waals surface area contributed by atoms with Crippen molar-refractivity contribution in [1.82, 2.24) is 0 Å². The average molecular weight is 157 g/mol. The maximum absolute atomic E-state index is 13.0. The summed E-state index contributed by atoms with van der Waals surface area (Å²) in [7, 11) is 0. The van der Waals surface area contributed by atoms with E-state index >= 15 is 0 Å².